The Hall–Kier alpha value is -2.90. The van der Waals surface area contributed by atoms with Crippen LogP contribution < -0.4 is 20.1 Å². The zero-order chi connectivity index (χ0) is 25.0. The molecule has 0 aliphatic carbocycles. The Balaban J connectivity index is 1.47. The molecule has 2 N–H and O–H groups in total. The van der Waals surface area contributed by atoms with Crippen molar-refractivity contribution < 1.29 is 14.3 Å². The highest BCUT2D eigenvalue weighted by molar-refractivity contribution is 9.10. The number of carbonyl (C=O) groups is 1. The number of thiocarbonyl (C=S) groups is 1. The summed E-state index contributed by atoms with van der Waals surface area (Å²) in [4.78, 5) is 12.9. The van der Waals surface area contributed by atoms with Gasteiger partial charge in [0.05, 0.1) is 18.8 Å². The first-order valence-electron chi connectivity index (χ1n) is 11.7. The van der Waals surface area contributed by atoms with Gasteiger partial charge >= 0.3 is 0 Å². The molecule has 0 radical (unpaired) electrons. The summed E-state index contributed by atoms with van der Waals surface area (Å²) in [6.07, 6.45) is 2.83. The van der Waals surface area contributed by atoms with Gasteiger partial charge in [-0.3, -0.25) is 10.1 Å². The number of aryl methyl sites for hydroxylation is 1. The maximum Gasteiger partial charge on any atom is 0.261 e. The average molecular weight is 556 g/mol. The zero-order valence-electron chi connectivity index (χ0n) is 20.1. The smallest absolute Gasteiger partial charge is 0.261 e. The lowest BCUT2D eigenvalue weighted by atomic mass is 10.1. The molecule has 5 nitrogen and oxygen atoms in total. The van der Waals surface area contributed by atoms with E-state index in [0.717, 1.165) is 35.2 Å². The van der Waals surface area contributed by atoms with E-state index in [1.54, 1.807) is 12.1 Å². The van der Waals surface area contributed by atoms with Crippen LogP contribution in [0.25, 0.3) is 0 Å². The lowest BCUT2D eigenvalue weighted by Crippen LogP contribution is -2.34. The molecule has 0 saturated carbocycles. The second kappa shape index (κ2) is 13.9. The summed E-state index contributed by atoms with van der Waals surface area (Å²) in [7, 11) is 0. The lowest BCUT2D eigenvalue weighted by Gasteiger charge is -2.14. The predicted molar refractivity (Wildman–Crippen MR) is 149 cm³/mol. The molecular formula is C28H31BrN2O3S. The van der Waals surface area contributed by atoms with Gasteiger partial charge in [-0.15, -0.1) is 0 Å². The van der Waals surface area contributed by atoms with E-state index in [0.29, 0.717) is 30.4 Å². The van der Waals surface area contributed by atoms with Gasteiger partial charge in [0.25, 0.3) is 5.91 Å². The van der Waals surface area contributed by atoms with Gasteiger partial charge < -0.3 is 14.8 Å². The summed E-state index contributed by atoms with van der Waals surface area (Å²) in [5.41, 5.74) is 2.49. The van der Waals surface area contributed by atoms with Gasteiger partial charge in [0.1, 0.15) is 11.5 Å². The monoisotopic (exact) mass is 554 g/mol. The van der Waals surface area contributed by atoms with Gasteiger partial charge in [-0.05, 0) is 85.4 Å². The lowest BCUT2D eigenvalue weighted by molar-refractivity contribution is 0.0973. The summed E-state index contributed by atoms with van der Waals surface area (Å²) in [6, 6.07) is 23.2. The summed E-state index contributed by atoms with van der Waals surface area (Å²) >= 11 is 8.77. The highest BCUT2D eigenvalue weighted by Crippen LogP contribution is 2.24. The third-order valence-corrected chi connectivity index (χ3v) is 5.90. The van der Waals surface area contributed by atoms with E-state index in [9.17, 15) is 4.79 Å². The van der Waals surface area contributed by atoms with Crippen molar-refractivity contribution in [2.24, 2.45) is 5.92 Å². The minimum atomic E-state index is -0.332. The standard InChI is InChI=1S/C28H31BrN2O3S/c1-20(2)16-18-34-26-15-10-22(29)19-25(26)27(32)31-28(35)30-23-11-13-24(14-12-23)33-17-6-9-21-7-4-3-5-8-21/h3-5,7-8,10-15,19-20H,6,9,16-18H2,1-2H3,(H2,30,31,32,35). The molecule has 0 aliphatic rings. The highest BCUT2D eigenvalue weighted by atomic mass is 79.9. The number of nitrogens with one attached hydrogen (secondary N) is 2. The van der Waals surface area contributed by atoms with Crippen molar-refractivity contribution in [3.63, 3.8) is 0 Å². The third kappa shape index (κ3) is 9.34. The van der Waals surface area contributed by atoms with Crippen LogP contribution in [-0.2, 0) is 6.42 Å². The van der Waals surface area contributed by atoms with E-state index in [2.05, 4.69) is 52.5 Å². The highest BCUT2D eigenvalue weighted by Gasteiger charge is 2.15. The van der Waals surface area contributed by atoms with Crippen molar-refractivity contribution >= 4 is 44.9 Å². The average Bonchev–Trinajstić information content (AvgIpc) is 2.84. The maximum absolute atomic E-state index is 12.9. The summed E-state index contributed by atoms with van der Waals surface area (Å²) in [5.74, 6) is 1.51. The SMILES string of the molecule is CC(C)CCOc1ccc(Br)cc1C(=O)NC(=S)Nc1ccc(OCCCc2ccccc2)cc1. The number of ether oxygens (including phenoxy) is 2. The molecule has 7 heteroatoms. The fourth-order valence-electron chi connectivity index (χ4n) is 3.29. The Labute approximate surface area is 221 Å². The molecule has 0 aliphatic heterocycles. The number of benzene rings is 3. The van der Waals surface area contributed by atoms with Crippen molar-refractivity contribution in [3.05, 3.63) is 88.4 Å². The molecule has 0 spiro atoms. The van der Waals surface area contributed by atoms with Crippen LogP contribution in [0.2, 0.25) is 0 Å². The number of amides is 1. The second-order valence-electron chi connectivity index (χ2n) is 8.54. The molecule has 35 heavy (non-hydrogen) atoms. The van der Waals surface area contributed by atoms with Crippen LogP contribution in [0.3, 0.4) is 0 Å². The molecule has 0 unspecified atom stereocenters. The van der Waals surface area contributed by atoms with Crippen LogP contribution >= 0.6 is 28.1 Å². The molecular weight excluding hydrogens is 524 g/mol. The molecule has 0 fully saturated rings. The molecule has 0 heterocycles. The van der Waals surface area contributed by atoms with E-state index < -0.39 is 0 Å². The van der Waals surface area contributed by atoms with Crippen LogP contribution in [0.5, 0.6) is 11.5 Å². The van der Waals surface area contributed by atoms with Gasteiger partial charge in [-0.25, -0.2) is 0 Å². The normalized spacial score (nSPS) is 10.6. The van der Waals surface area contributed by atoms with Crippen molar-refractivity contribution in [2.75, 3.05) is 18.5 Å². The molecule has 184 valence electrons. The summed E-state index contributed by atoms with van der Waals surface area (Å²) < 4.78 is 12.5. The first-order valence-corrected chi connectivity index (χ1v) is 12.9. The number of rotatable bonds is 11. The Morgan fingerprint density at radius 1 is 0.971 bits per heavy atom. The Bertz CT molecular complexity index is 1100. The Morgan fingerprint density at radius 3 is 2.43 bits per heavy atom. The second-order valence-corrected chi connectivity index (χ2v) is 9.87. The van der Waals surface area contributed by atoms with E-state index >= 15 is 0 Å². The van der Waals surface area contributed by atoms with Crippen molar-refractivity contribution in [1.82, 2.24) is 5.32 Å². The topological polar surface area (TPSA) is 59.6 Å². The molecule has 3 rings (SSSR count). The number of anilines is 1. The summed E-state index contributed by atoms with van der Waals surface area (Å²) in [6.45, 7) is 5.45. The van der Waals surface area contributed by atoms with Crippen molar-refractivity contribution in [1.29, 1.82) is 0 Å². The van der Waals surface area contributed by atoms with E-state index in [1.807, 2.05) is 48.5 Å². The Morgan fingerprint density at radius 2 is 1.71 bits per heavy atom. The zero-order valence-corrected chi connectivity index (χ0v) is 22.5. The maximum atomic E-state index is 12.9. The molecule has 0 bridgehead atoms. The number of hydrogen-bond acceptors (Lipinski definition) is 4. The quantitative estimate of drug-likeness (QED) is 0.197. The minimum absolute atomic E-state index is 0.208. The van der Waals surface area contributed by atoms with Gasteiger partial charge in [0.2, 0.25) is 0 Å². The first kappa shape index (κ1) is 26.7. The Kier molecular flexibility index (Phi) is 10.6. The predicted octanol–water partition coefficient (Wildman–Crippen LogP) is 7.01. The van der Waals surface area contributed by atoms with Crippen molar-refractivity contribution in [2.45, 2.75) is 33.1 Å². The van der Waals surface area contributed by atoms with Gasteiger partial charge in [-0.2, -0.15) is 0 Å². The van der Waals surface area contributed by atoms with E-state index in [1.165, 1.54) is 5.56 Å². The molecule has 3 aromatic carbocycles. The largest absolute Gasteiger partial charge is 0.494 e. The summed E-state index contributed by atoms with van der Waals surface area (Å²) in [5, 5.41) is 5.98. The van der Waals surface area contributed by atoms with Gasteiger partial charge in [0.15, 0.2) is 5.11 Å². The van der Waals surface area contributed by atoms with E-state index in [-0.39, 0.29) is 11.0 Å². The van der Waals surface area contributed by atoms with Gasteiger partial charge in [0, 0.05) is 10.2 Å². The number of hydrogen-bond donors (Lipinski definition) is 2. The van der Waals surface area contributed by atoms with Crippen LogP contribution in [0.1, 0.15) is 42.6 Å². The molecule has 3 aromatic rings. The molecule has 0 atom stereocenters. The molecule has 0 aromatic heterocycles. The third-order valence-electron chi connectivity index (χ3n) is 5.20. The number of carbonyl (C=O) groups excluding carboxylic acids is 1. The van der Waals surface area contributed by atoms with Crippen LogP contribution in [0, 0.1) is 5.92 Å². The van der Waals surface area contributed by atoms with Crippen LogP contribution in [0.4, 0.5) is 5.69 Å². The molecule has 0 saturated heterocycles. The fourth-order valence-corrected chi connectivity index (χ4v) is 3.86. The molecule has 1 amide bonds. The first-order chi connectivity index (χ1) is 16.9. The van der Waals surface area contributed by atoms with E-state index in [4.69, 9.17) is 21.7 Å². The van der Waals surface area contributed by atoms with Crippen LogP contribution in [0.15, 0.2) is 77.3 Å². The van der Waals surface area contributed by atoms with Crippen LogP contribution in [-0.4, -0.2) is 24.2 Å². The number of halogens is 1. The van der Waals surface area contributed by atoms with Gasteiger partial charge in [-0.1, -0.05) is 60.1 Å². The minimum Gasteiger partial charge on any atom is -0.494 e. The van der Waals surface area contributed by atoms with Crippen molar-refractivity contribution in [3.8, 4) is 11.5 Å². The fraction of sp³-hybridized carbons (Fsp3) is 0.286.